The van der Waals surface area contributed by atoms with Crippen molar-refractivity contribution in [2.24, 2.45) is 0 Å². The van der Waals surface area contributed by atoms with Crippen molar-refractivity contribution >= 4 is 39.5 Å². The van der Waals surface area contributed by atoms with E-state index in [2.05, 4.69) is 10.3 Å². The van der Waals surface area contributed by atoms with Crippen molar-refractivity contribution in [1.29, 1.82) is 0 Å². The SMILES string of the molecule is O=C(Nc1ccc(-c2cn3ccsc3n2)cc1)c1cc(Cl)c2c(c1)OCCO2. The molecule has 3 heterocycles. The summed E-state index contributed by atoms with van der Waals surface area (Å²) < 4.78 is 13.0. The Bertz CT molecular complexity index is 1150. The van der Waals surface area contributed by atoms with Crippen LogP contribution >= 0.6 is 22.9 Å². The number of imidazole rings is 1. The molecule has 0 saturated carbocycles. The molecule has 1 aliphatic rings. The van der Waals surface area contributed by atoms with Crippen molar-refractivity contribution in [3.05, 3.63) is 64.8 Å². The van der Waals surface area contributed by atoms with Crippen molar-refractivity contribution in [3.63, 3.8) is 0 Å². The summed E-state index contributed by atoms with van der Waals surface area (Å²) in [4.78, 5) is 18.1. The zero-order valence-electron chi connectivity index (χ0n) is 14.5. The molecule has 140 valence electrons. The minimum Gasteiger partial charge on any atom is -0.486 e. The quantitative estimate of drug-likeness (QED) is 0.529. The number of fused-ring (bicyclic) bond motifs is 2. The van der Waals surface area contributed by atoms with E-state index >= 15 is 0 Å². The Labute approximate surface area is 169 Å². The molecule has 1 aliphatic heterocycles. The highest BCUT2D eigenvalue weighted by Crippen LogP contribution is 2.38. The van der Waals surface area contributed by atoms with Gasteiger partial charge in [0.15, 0.2) is 16.5 Å². The molecule has 1 amide bonds. The molecule has 0 bridgehead atoms. The molecule has 6 nitrogen and oxygen atoms in total. The lowest BCUT2D eigenvalue weighted by Crippen LogP contribution is -2.17. The summed E-state index contributed by atoms with van der Waals surface area (Å²) in [5.74, 6) is 0.696. The number of nitrogens with one attached hydrogen (secondary N) is 1. The van der Waals surface area contributed by atoms with Gasteiger partial charge < -0.3 is 14.8 Å². The molecule has 8 heteroatoms. The number of hydrogen-bond acceptors (Lipinski definition) is 5. The van der Waals surface area contributed by atoms with Crippen molar-refractivity contribution in [2.75, 3.05) is 18.5 Å². The number of nitrogens with zero attached hydrogens (tertiary/aromatic N) is 2. The highest BCUT2D eigenvalue weighted by molar-refractivity contribution is 7.15. The van der Waals surface area contributed by atoms with Gasteiger partial charge in [0.2, 0.25) is 0 Å². The van der Waals surface area contributed by atoms with Crippen molar-refractivity contribution in [1.82, 2.24) is 9.38 Å². The molecule has 1 N–H and O–H groups in total. The first kappa shape index (κ1) is 17.1. The molecule has 0 unspecified atom stereocenters. The van der Waals surface area contributed by atoms with E-state index in [9.17, 15) is 4.79 Å². The third kappa shape index (κ3) is 3.08. The Balaban J connectivity index is 1.35. The van der Waals surface area contributed by atoms with Crippen LogP contribution in [0.25, 0.3) is 16.2 Å². The van der Waals surface area contributed by atoms with Crippen LogP contribution in [0.4, 0.5) is 5.69 Å². The third-order valence-electron chi connectivity index (χ3n) is 4.39. The lowest BCUT2D eigenvalue weighted by Gasteiger charge is -2.20. The predicted octanol–water partition coefficient (Wildman–Crippen LogP) is 4.74. The largest absolute Gasteiger partial charge is 0.486 e. The third-order valence-corrected chi connectivity index (χ3v) is 5.44. The summed E-state index contributed by atoms with van der Waals surface area (Å²) in [6.07, 6.45) is 3.96. The van der Waals surface area contributed by atoms with Crippen LogP contribution < -0.4 is 14.8 Å². The second kappa shape index (κ2) is 6.85. The molecular formula is C20H14ClN3O3S. The number of thiazole rings is 1. The normalized spacial score (nSPS) is 12.9. The number of amides is 1. The molecule has 28 heavy (non-hydrogen) atoms. The van der Waals surface area contributed by atoms with Crippen LogP contribution in [-0.2, 0) is 0 Å². The Morgan fingerprint density at radius 2 is 2.00 bits per heavy atom. The first-order valence-corrected chi connectivity index (χ1v) is 9.86. The Morgan fingerprint density at radius 1 is 1.18 bits per heavy atom. The van der Waals surface area contributed by atoms with Gasteiger partial charge >= 0.3 is 0 Å². The van der Waals surface area contributed by atoms with E-state index in [1.807, 2.05) is 46.4 Å². The number of halogens is 1. The fraction of sp³-hybridized carbons (Fsp3) is 0.100. The lowest BCUT2D eigenvalue weighted by atomic mass is 10.1. The molecule has 0 radical (unpaired) electrons. The minimum atomic E-state index is -0.269. The highest BCUT2D eigenvalue weighted by atomic mass is 35.5. The van der Waals surface area contributed by atoms with Gasteiger partial charge in [-0.05, 0) is 24.3 Å². The summed E-state index contributed by atoms with van der Waals surface area (Å²) in [5.41, 5.74) is 2.97. The molecule has 2 aromatic heterocycles. The standard InChI is InChI=1S/C20H14ClN3O3S/c21-15-9-13(10-17-18(15)27-7-6-26-17)19(25)22-14-3-1-12(2-4-14)16-11-24-5-8-28-20(24)23-16/h1-5,8-11H,6-7H2,(H,22,25). The van der Waals surface area contributed by atoms with Crippen molar-refractivity contribution in [2.45, 2.75) is 0 Å². The smallest absolute Gasteiger partial charge is 0.255 e. The molecular weight excluding hydrogens is 398 g/mol. The van der Waals surface area contributed by atoms with Crippen LogP contribution in [0.1, 0.15) is 10.4 Å². The summed E-state index contributed by atoms with van der Waals surface area (Å²) >= 11 is 7.80. The zero-order valence-corrected chi connectivity index (χ0v) is 16.1. The number of carbonyl (C=O) groups is 1. The van der Waals surface area contributed by atoms with E-state index in [-0.39, 0.29) is 5.91 Å². The van der Waals surface area contributed by atoms with E-state index in [1.165, 1.54) is 0 Å². The molecule has 0 aliphatic carbocycles. The van der Waals surface area contributed by atoms with Gasteiger partial charge in [-0.3, -0.25) is 9.20 Å². The summed E-state index contributed by atoms with van der Waals surface area (Å²) in [7, 11) is 0. The molecule has 0 fully saturated rings. The maximum absolute atomic E-state index is 12.6. The first-order valence-electron chi connectivity index (χ1n) is 8.60. The lowest BCUT2D eigenvalue weighted by molar-refractivity contribution is 0.102. The maximum Gasteiger partial charge on any atom is 0.255 e. The van der Waals surface area contributed by atoms with Gasteiger partial charge in [-0.2, -0.15) is 0 Å². The number of hydrogen-bond donors (Lipinski definition) is 1. The fourth-order valence-corrected chi connectivity index (χ4v) is 4.00. The average Bonchev–Trinajstić information content (AvgIpc) is 3.31. The highest BCUT2D eigenvalue weighted by Gasteiger charge is 2.19. The Kier molecular flexibility index (Phi) is 4.18. The molecule has 4 aromatic rings. The molecule has 0 spiro atoms. The van der Waals surface area contributed by atoms with Gasteiger partial charge in [-0.25, -0.2) is 4.98 Å². The van der Waals surface area contributed by atoms with Crippen LogP contribution in [0.3, 0.4) is 0 Å². The topological polar surface area (TPSA) is 64.9 Å². The average molecular weight is 412 g/mol. The van der Waals surface area contributed by atoms with Crippen LogP contribution in [0.2, 0.25) is 5.02 Å². The zero-order chi connectivity index (χ0) is 19.1. The van der Waals surface area contributed by atoms with E-state index in [4.69, 9.17) is 21.1 Å². The molecule has 5 rings (SSSR count). The van der Waals surface area contributed by atoms with Gasteiger partial charge in [0.05, 0.1) is 10.7 Å². The summed E-state index contributed by atoms with van der Waals surface area (Å²) in [6, 6.07) is 10.8. The molecule has 2 aromatic carbocycles. The van der Waals surface area contributed by atoms with Gasteiger partial charge in [0, 0.05) is 34.6 Å². The maximum atomic E-state index is 12.6. The number of aromatic nitrogens is 2. The number of benzene rings is 2. The molecule has 0 atom stereocenters. The van der Waals surface area contributed by atoms with Gasteiger partial charge in [0.25, 0.3) is 5.91 Å². The van der Waals surface area contributed by atoms with Crippen molar-refractivity contribution < 1.29 is 14.3 Å². The predicted molar refractivity (Wildman–Crippen MR) is 109 cm³/mol. The van der Waals surface area contributed by atoms with E-state index in [0.717, 1.165) is 16.2 Å². The summed E-state index contributed by atoms with van der Waals surface area (Å²) in [5, 5.41) is 5.23. The Morgan fingerprint density at radius 3 is 2.82 bits per heavy atom. The second-order valence-electron chi connectivity index (χ2n) is 6.23. The van der Waals surface area contributed by atoms with Crippen LogP contribution in [0.15, 0.2) is 54.2 Å². The van der Waals surface area contributed by atoms with Crippen LogP contribution in [-0.4, -0.2) is 28.5 Å². The van der Waals surface area contributed by atoms with E-state index in [0.29, 0.717) is 41.0 Å². The monoisotopic (exact) mass is 411 g/mol. The van der Waals surface area contributed by atoms with E-state index < -0.39 is 0 Å². The van der Waals surface area contributed by atoms with Gasteiger partial charge in [0.1, 0.15) is 13.2 Å². The van der Waals surface area contributed by atoms with Gasteiger partial charge in [-0.1, -0.05) is 23.7 Å². The second-order valence-corrected chi connectivity index (χ2v) is 7.51. The molecule has 0 saturated heterocycles. The Hall–Kier alpha value is -3.03. The fourth-order valence-electron chi connectivity index (χ4n) is 3.04. The van der Waals surface area contributed by atoms with Crippen LogP contribution in [0.5, 0.6) is 11.5 Å². The number of rotatable bonds is 3. The van der Waals surface area contributed by atoms with E-state index in [1.54, 1.807) is 23.5 Å². The number of ether oxygens (including phenoxy) is 2. The number of anilines is 1. The number of carbonyl (C=O) groups excluding carboxylic acids is 1. The van der Waals surface area contributed by atoms with Gasteiger partial charge in [-0.15, -0.1) is 11.3 Å². The first-order chi connectivity index (χ1) is 13.7. The van der Waals surface area contributed by atoms with Crippen LogP contribution in [0, 0.1) is 0 Å². The summed E-state index contributed by atoms with van der Waals surface area (Å²) in [6.45, 7) is 0.876. The van der Waals surface area contributed by atoms with Crippen molar-refractivity contribution in [3.8, 4) is 22.8 Å². The minimum absolute atomic E-state index is 0.269.